The van der Waals surface area contributed by atoms with Gasteiger partial charge in [-0.05, 0) is 49.7 Å². The van der Waals surface area contributed by atoms with Gasteiger partial charge in [0.25, 0.3) is 11.8 Å². The molecule has 1 aromatic heterocycles. The van der Waals surface area contributed by atoms with Gasteiger partial charge in [-0.1, -0.05) is 6.92 Å². The van der Waals surface area contributed by atoms with Crippen LogP contribution in [0.5, 0.6) is 5.75 Å². The van der Waals surface area contributed by atoms with Crippen molar-refractivity contribution < 1.29 is 14.3 Å². The van der Waals surface area contributed by atoms with Gasteiger partial charge in [0.15, 0.2) is 0 Å². The molecular weight excluding hydrogens is 350 g/mol. The number of benzene rings is 1. The van der Waals surface area contributed by atoms with Gasteiger partial charge in [0.1, 0.15) is 10.8 Å². The third kappa shape index (κ3) is 3.73. The maximum absolute atomic E-state index is 12.6. The molecule has 26 heavy (non-hydrogen) atoms. The Morgan fingerprint density at radius 2 is 2.00 bits per heavy atom. The van der Waals surface area contributed by atoms with E-state index in [0.717, 1.165) is 36.5 Å². The first-order valence-electron chi connectivity index (χ1n) is 8.74. The molecule has 1 aliphatic heterocycles. The lowest BCUT2D eigenvalue weighted by molar-refractivity contribution is 0.1000. The Morgan fingerprint density at radius 1 is 1.27 bits per heavy atom. The van der Waals surface area contributed by atoms with Crippen LogP contribution in [0.3, 0.4) is 0 Å². The van der Waals surface area contributed by atoms with Gasteiger partial charge >= 0.3 is 0 Å². The number of likely N-dealkylation sites (N-methyl/N-ethyl adjacent to an activating group) is 1. The van der Waals surface area contributed by atoms with Crippen LogP contribution in [0, 0.1) is 0 Å². The van der Waals surface area contributed by atoms with Gasteiger partial charge in [0, 0.05) is 23.5 Å². The topological polar surface area (TPSA) is 84.7 Å². The zero-order valence-corrected chi connectivity index (χ0v) is 15.8. The number of rotatable bonds is 6. The predicted molar refractivity (Wildman–Crippen MR) is 103 cm³/mol. The summed E-state index contributed by atoms with van der Waals surface area (Å²) in [5.41, 5.74) is 7.55. The van der Waals surface area contributed by atoms with Gasteiger partial charge in [-0.25, -0.2) is 0 Å². The quantitative estimate of drug-likeness (QED) is 0.815. The Morgan fingerprint density at radius 3 is 2.62 bits per heavy atom. The van der Waals surface area contributed by atoms with Crippen LogP contribution in [-0.4, -0.2) is 36.4 Å². The third-order valence-corrected chi connectivity index (χ3v) is 5.62. The van der Waals surface area contributed by atoms with Crippen molar-refractivity contribution in [2.75, 3.05) is 25.0 Å². The van der Waals surface area contributed by atoms with Crippen molar-refractivity contribution in [1.82, 2.24) is 4.90 Å². The number of ether oxygens (including phenoxy) is 1. The highest BCUT2D eigenvalue weighted by Crippen LogP contribution is 2.37. The van der Waals surface area contributed by atoms with E-state index >= 15 is 0 Å². The van der Waals surface area contributed by atoms with E-state index in [9.17, 15) is 9.59 Å². The fraction of sp³-hybridized carbons (Fsp3) is 0.368. The maximum Gasteiger partial charge on any atom is 0.256 e. The molecule has 0 aliphatic carbocycles. The summed E-state index contributed by atoms with van der Waals surface area (Å²) in [6, 6.07) is 6.92. The second-order valence-corrected chi connectivity index (χ2v) is 7.21. The predicted octanol–water partition coefficient (Wildman–Crippen LogP) is 2.88. The molecule has 3 N–H and O–H groups in total. The largest absolute Gasteiger partial charge is 0.494 e. The number of nitrogens with one attached hydrogen (secondary N) is 1. The second kappa shape index (κ2) is 7.88. The molecule has 0 spiro atoms. The lowest BCUT2D eigenvalue weighted by Gasteiger charge is -2.25. The number of hydrogen-bond donors (Lipinski definition) is 2. The Bertz CT molecular complexity index is 814. The van der Waals surface area contributed by atoms with E-state index in [1.165, 1.54) is 11.3 Å². The van der Waals surface area contributed by atoms with Crippen molar-refractivity contribution in [2.24, 2.45) is 5.73 Å². The lowest BCUT2D eigenvalue weighted by atomic mass is 10.0. The molecule has 2 aromatic rings. The number of amides is 2. The van der Waals surface area contributed by atoms with E-state index in [1.807, 2.05) is 6.92 Å². The summed E-state index contributed by atoms with van der Waals surface area (Å²) in [6.07, 6.45) is 0.775. The van der Waals surface area contributed by atoms with Gasteiger partial charge in [0.05, 0.1) is 12.2 Å². The summed E-state index contributed by atoms with van der Waals surface area (Å²) in [5.74, 6) is -0.0379. The molecule has 138 valence electrons. The molecule has 0 saturated heterocycles. The van der Waals surface area contributed by atoms with Crippen molar-refractivity contribution >= 4 is 28.2 Å². The van der Waals surface area contributed by atoms with Crippen LogP contribution < -0.4 is 15.8 Å². The Hall–Kier alpha value is -2.38. The molecule has 6 nitrogen and oxygen atoms in total. The molecule has 3 rings (SSSR count). The number of carbonyl (C=O) groups excluding carboxylic acids is 2. The van der Waals surface area contributed by atoms with Crippen molar-refractivity contribution in [1.29, 1.82) is 0 Å². The first-order chi connectivity index (χ1) is 12.5. The van der Waals surface area contributed by atoms with Crippen LogP contribution in [0.2, 0.25) is 0 Å². The summed E-state index contributed by atoms with van der Waals surface area (Å²) in [5, 5.41) is 3.41. The molecule has 0 fully saturated rings. The normalized spacial score (nSPS) is 13.9. The number of carbonyl (C=O) groups is 2. The fourth-order valence-electron chi connectivity index (χ4n) is 3.12. The molecule has 2 heterocycles. The number of anilines is 1. The van der Waals surface area contributed by atoms with Gasteiger partial charge < -0.3 is 15.8 Å². The number of thiophene rings is 1. The van der Waals surface area contributed by atoms with E-state index in [0.29, 0.717) is 28.5 Å². The minimum absolute atomic E-state index is 0.263. The zero-order chi connectivity index (χ0) is 18.7. The van der Waals surface area contributed by atoms with Crippen LogP contribution >= 0.6 is 11.3 Å². The van der Waals surface area contributed by atoms with Crippen LogP contribution in [0.4, 0.5) is 5.00 Å². The van der Waals surface area contributed by atoms with Crippen LogP contribution in [0.25, 0.3) is 0 Å². The highest BCUT2D eigenvalue weighted by molar-refractivity contribution is 7.17. The average Bonchev–Trinajstić information content (AvgIpc) is 2.99. The smallest absolute Gasteiger partial charge is 0.256 e. The monoisotopic (exact) mass is 373 g/mol. The summed E-state index contributed by atoms with van der Waals surface area (Å²) in [6.45, 7) is 7.23. The van der Waals surface area contributed by atoms with E-state index in [4.69, 9.17) is 10.5 Å². The SMILES string of the molecule is CCOc1ccc(C(=O)Nc2sc3c(c2C(N)=O)CCN(CC)C3)cc1. The summed E-state index contributed by atoms with van der Waals surface area (Å²) in [4.78, 5) is 28.0. The van der Waals surface area contributed by atoms with E-state index in [1.54, 1.807) is 24.3 Å². The first-order valence-corrected chi connectivity index (χ1v) is 9.56. The molecule has 1 aromatic carbocycles. The van der Waals surface area contributed by atoms with Gasteiger partial charge in [-0.3, -0.25) is 14.5 Å². The fourth-order valence-corrected chi connectivity index (χ4v) is 4.41. The molecule has 1 aliphatic rings. The number of primary amides is 1. The second-order valence-electron chi connectivity index (χ2n) is 6.10. The Kier molecular flexibility index (Phi) is 5.58. The van der Waals surface area contributed by atoms with E-state index in [2.05, 4.69) is 17.1 Å². The molecule has 0 unspecified atom stereocenters. The molecule has 0 bridgehead atoms. The highest BCUT2D eigenvalue weighted by Gasteiger charge is 2.27. The Labute approximate surface area is 156 Å². The number of nitrogens with two attached hydrogens (primary N) is 1. The number of hydrogen-bond acceptors (Lipinski definition) is 5. The van der Waals surface area contributed by atoms with Gasteiger partial charge in [-0.2, -0.15) is 0 Å². The molecule has 2 amide bonds. The average molecular weight is 373 g/mol. The van der Waals surface area contributed by atoms with Crippen LogP contribution in [0.15, 0.2) is 24.3 Å². The van der Waals surface area contributed by atoms with Crippen LogP contribution in [0.1, 0.15) is 45.0 Å². The highest BCUT2D eigenvalue weighted by atomic mass is 32.1. The molecule has 7 heteroatoms. The molecular formula is C19H23N3O3S. The van der Waals surface area contributed by atoms with Gasteiger partial charge in [-0.15, -0.1) is 11.3 Å². The third-order valence-electron chi connectivity index (χ3n) is 4.48. The standard InChI is InChI=1S/C19H23N3O3S/c1-3-22-10-9-14-15(11-22)26-19(16(14)17(20)23)21-18(24)12-5-7-13(8-6-12)25-4-2/h5-8H,3-4,9-11H2,1-2H3,(H2,20,23)(H,21,24). The summed E-state index contributed by atoms with van der Waals surface area (Å²) < 4.78 is 5.39. The summed E-state index contributed by atoms with van der Waals surface area (Å²) in [7, 11) is 0. The molecule has 0 atom stereocenters. The van der Waals surface area contributed by atoms with E-state index in [-0.39, 0.29) is 5.91 Å². The number of fused-ring (bicyclic) bond motifs is 1. The molecule has 0 saturated carbocycles. The minimum Gasteiger partial charge on any atom is -0.494 e. The Balaban J connectivity index is 1.84. The molecule has 0 radical (unpaired) electrons. The van der Waals surface area contributed by atoms with Crippen molar-refractivity contribution in [3.63, 3.8) is 0 Å². The first kappa shape index (κ1) is 18.4. The summed E-state index contributed by atoms with van der Waals surface area (Å²) >= 11 is 1.44. The number of nitrogens with zero attached hydrogens (tertiary/aromatic N) is 1. The minimum atomic E-state index is -0.491. The van der Waals surface area contributed by atoms with Gasteiger partial charge in [0.2, 0.25) is 0 Å². The van der Waals surface area contributed by atoms with Crippen LogP contribution in [-0.2, 0) is 13.0 Å². The van der Waals surface area contributed by atoms with Crippen molar-refractivity contribution in [3.8, 4) is 5.75 Å². The lowest BCUT2D eigenvalue weighted by Crippen LogP contribution is -2.30. The zero-order valence-electron chi connectivity index (χ0n) is 15.0. The maximum atomic E-state index is 12.6. The van der Waals surface area contributed by atoms with Crippen molar-refractivity contribution in [3.05, 3.63) is 45.8 Å². The van der Waals surface area contributed by atoms with E-state index < -0.39 is 5.91 Å². The van der Waals surface area contributed by atoms with Crippen molar-refractivity contribution in [2.45, 2.75) is 26.8 Å².